The van der Waals surface area contributed by atoms with Crippen molar-refractivity contribution in [2.24, 2.45) is 5.92 Å². The Morgan fingerprint density at radius 1 is 0.940 bits per heavy atom. The summed E-state index contributed by atoms with van der Waals surface area (Å²) in [6.45, 7) is 9.52. The first-order chi connectivity index (χ1) is 23.5. The first kappa shape index (κ1) is 40.4. The van der Waals surface area contributed by atoms with Crippen molar-refractivity contribution in [2.45, 2.75) is 65.2 Å². The molecule has 0 aliphatic heterocycles. The Morgan fingerprint density at radius 3 is 2.16 bits per heavy atom. The number of carbonyl (C=O) groups is 4. The Kier molecular flexibility index (Phi) is 14.7. The molecule has 16 heteroatoms. The third-order valence-corrected chi connectivity index (χ3v) is 10.0. The van der Waals surface area contributed by atoms with Crippen LogP contribution in [-0.2, 0) is 26.0 Å². The van der Waals surface area contributed by atoms with Crippen LogP contribution in [0.4, 0.5) is 5.69 Å². The van der Waals surface area contributed by atoms with E-state index in [0.29, 0.717) is 18.0 Å². The number of amides is 4. The van der Waals surface area contributed by atoms with E-state index in [1.165, 1.54) is 36.6 Å². The van der Waals surface area contributed by atoms with Gasteiger partial charge >= 0.3 is 0 Å². The second-order valence-electron chi connectivity index (χ2n) is 12.4. The second kappa shape index (κ2) is 18.3. The van der Waals surface area contributed by atoms with Crippen LogP contribution in [0.5, 0.6) is 0 Å². The Morgan fingerprint density at radius 2 is 1.60 bits per heavy atom. The van der Waals surface area contributed by atoms with Crippen LogP contribution in [-0.4, -0.2) is 81.5 Å². The first-order valence-electron chi connectivity index (χ1n) is 16.1. The summed E-state index contributed by atoms with van der Waals surface area (Å²) >= 11 is 7.53. The van der Waals surface area contributed by atoms with Crippen LogP contribution in [0.15, 0.2) is 53.4 Å². The summed E-state index contributed by atoms with van der Waals surface area (Å²) in [5, 5.41) is 16.9. The molecule has 272 valence electrons. The van der Waals surface area contributed by atoms with Gasteiger partial charge in [0.15, 0.2) is 0 Å². The average molecular weight is 748 g/mol. The molecule has 2 aromatic carbocycles. The second-order valence-corrected chi connectivity index (χ2v) is 15.5. The van der Waals surface area contributed by atoms with Gasteiger partial charge in [0.05, 0.1) is 35.2 Å². The molecule has 0 saturated carbocycles. The fourth-order valence-electron chi connectivity index (χ4n) is 4.93. The number of aromatic nitrogens is 1. The number of likely N-dealkylation sites (N-methyl/N-ethyl adjacent to an activating group) is 1. The van der Waals surface area contributed by atoms with Crippen LogP contribution in [0.2, 0.25) is 5.02 Å². The summed E-state index contributed by atoms with van der Waals surface area (Å²) in [4.78, 5) is 57.2. The van der Waals surface area contributed by atoms with Gasteiger partial charge < -0.3 is 26.6 Å². The van der Waals surface area contributed by atoms with Crippen molar-refractivity contribution in [3.63, 3.8) is 0 Å². The van der Waals surface area contributed by atoms with Gasteiger partial charge in [-0.05, 0) is 62.6 Å². The van der Waals surface area contributed by atoms with Gasteiger partial charge in [-0.2, -0.15) is 0 Å². The molecule has 0 bridgehead atoms. The topological polar surface area (TPSA) is 179 Å². The molecule has 0 saturated heterocycles. The van der Waals surface area contributed by atoms with E-state index in [-0.39, 0.29) is 41.1 Å². The molecule has 1 heterocycles. The molecule has 4 amide bonds. The smallest absolute Gasteiger partial charge is 0.251 e. The Balaban J connectivity index is 1.85. The molecule has 5 N–H and O–H groups in total. The molecule has 1 unspecified atom stereocenters. The van der Waals surface area contributed by atoms with Gasteiger partial charge in [-0.3, -0.25) is 23.5 Å². The van der Waals surface area contributed by atoms with E-state index >= 15 is 0 Å². The van der Waals surface area contributed by atoms with Gasteiger partial charge in [0.2, 0.25) is 21.8 Å². The lowest BCUT2D eigenvalue weighted by molar-refractivity contribution is -0.130. The van der Waals surface area contributed by atoms with Gasteiger partial charge in [0.25, 0.3) is 11.8 Å². The predicted octanol–water partition coefficient (Wildman–Crippen LogP) is 3.28. The zero-order valence-electron chi connectivity index (χ0n) is 29.2. The van der Waals surface area contributed by atoms with Crippen LogP contribution < -0.4 is 30.9 Å². The summed E-state index contributed by atoms with van der Waals surface area (Å²) in [6.07, 6.45) is 1.34. The molecular formula is C34H46ClN7O6S2. The van der Waals surface area contributed by atoms with Crippen LogP contribution in [0, 0.1) is 5.92 Å². The SMILES string of the molecule is CCNC(=O)[C@@H](NC(=O)C(C)NC[C@H](Cc1cscn1)NC(=O)c1cc(C(=O)N[C@H](C)c2cccc(Cl)c2)cc(N(C)S(C)(=O)=O)c1)C(C)C. The normalized spacial score (nSPS) is 13.9. The summed E-state index contributed by atoms with van der Waals surface area (Å²) in [5.74, 6) is -1.89. The van der Waals surface area contributed by atoms with Crippen LogP contribution in [0.1, 0.15) is 72.6 Å². The van der Waals surface area contributed by atoms with E-state index in [2.05, 4.69) is 31.6 Å². The fourth-order valence-corrected chi connectivity index (χ4v) is 6.19. The molecular weight excluding hydrogens is 702 g/mol. The lowest BCUT2D eigenvalue weighted by atomic mass is 10.0. The van der Waals surface area contributed by atoms with Crippen molar-refractivity contribution in [1.82, 2.24) is 31.6 Å². The molecule has 1 aromatic heterocycles. The molecule has 13 nitrogen and oxygen atoms in total. The van der Waals surface area contributed by atoms with Crippen molar-refractivity contribution in [3.05, 3.63) is 80.8 Å². The molecule has 4 atom stereocenters. The first-order valence-corrected chi connectivity index (χ1v) is 19.3. The highest BCUT2D eigenvalue weighted by molar-refractivity contribution is 7.92. The zero-order valence-corrected chi connectivity index (χ0v) is 31.6. The molecule has 0 fully saturated rings. The minimum Gasteiger partial charge on any atom is -0.355 e. The molecule has 0 radical (unpaired) electrons. The van der Waals surface area contributed by atoms with Gasteiger partial charge in [-0.15, -0.1) is 11.3 Å². The van der Waals surface area contributed by atoms with Crippen LogP contribution >= 0.6 is 22.9 Å². The minimum absolute atomic E-state index is 0.0503. The van der Waals surface area contributed by atoms with Crippen molar-refractivity contribution < 1.29 is 27.6 Å². The Hall–Kier alpha value is -4.05. The third kappa shape index (κ3) is 11.8. The van der Waals surface area contributed by atoms with E-state index < -0.39 is 46.0 Å². The number of sulfonamides is 1. The highest BCUT2D eigenvalue weighted by Gasteiger charge is 2.27. The van der Waals surface area contributed by atoms with Crippen LogP contribution in [0.25, 0.3) is 0 Å². The number of carbonyl (C=O) groups excluding carboxylic acids is 4. The molecule has 3 rings (SSSR count). The number of thiazole rings is 1. The maximum absolute atomic E-state index is 13.8. The average Bonchev–Trinajstić information content (AvgIpc) is 3.57. The number of rotatable bonds is 17. The number of anilines is 1. The number of hydrogen-bond donors (Lipinski definition) is 5. The van der Waals surface area contributed by atoms with Crippen LogP contribution in [0.3, 0.4) is 0 Å². The molecule has 3 aromatic rings. The maximum atomic E-state index is 13.8. The molecule has 0 spiro atoms. The van der Waals surface area contributed by atoms with E-state index in [4.69, 9.17) is 11.6 Å². The van der Waals surface area contributed by atoms with Crippen molar-refractivity contribution in [3.8, 4) is 0 Å². The zero-order chi connectivity index (χ0) is 37.2. The van der Waals surface area contributed by atoms with E-state index in [9.17, 15) is 27.6 Å². The molecule has 50 heavy (non-hydrogen) atoms. The number of nitrogens with one attached hydrogen (secondary N) is 5. The van der Waals surface area contributed by atoms with E-state index in [1.54, 1.807) is 44.5 Å². The molecule has 0 aliphatic rings. The lowest BCUT2D eigenvalue weighted by Gasteiger charge is -2.25. The van der Waals surface area contributed by atoms with Gasteiger partial charge in [-0.25, -0.2) is 13.4 Å². The monoisotopic (exact) mass is 747 g/mol. The third-order valence-electron chi connectivity index (χ3n) is 7.94. The fraction of sp³-hybridized carbons (Fsp3) is 0.441. The standard InChI is InChI=1S/C34H46ClN7O6S2/c1-8-36-34(46)30(20(2)3)41-31(43)22(5)37-17-27(16-28-18-49-19-38-28)40-33(45)25-12-24(14-29(15-25)42(6)50(7,47)48)32(44)39-21(4)23-10-9-11-26(35)13-23/h9-15,18-22,27,30,37H,8,16-17H2,1-7H3,(H,36,46)(H,39,44)(H,40,45)(H,41,43)/t21-,22?,27+,30+/m1/s1. The Labute approximate surface area is 303 Å². The summed E-state index contributed by atoms with van der Waals surface area (Å²) in [7, 11) is -2.41. The summed E-state index contributed by atoms with van der Waals surface area (Å²) in [5.41, 5.74) is 3.39. The number of hydrogen-bond acceptors (Lipinski definition) is 9. The quantitative estimate of drug-likeness (QED) is 0.140. The lowest BCUT2D eigenvalue weighted by Crippen LogP contribution is -2.55. The summed E-state index contributed by atoms with van der Waals surface area (Å²) < 4.78 is 25.9. The van der Waals surface area contributed by atoms with E-state index in [1.807, 2.05) is 25.3 Å². The highest BCUT2D eigenvalue weighted by atomic mass is 35.5. The predicted molar refractivity (Wildman–Crippen MR) is 197 cm³/mol. The number of halogens is 1. The minimum atomic E-state index is -3.74. The van der Waals surface area contributed by atoms with E-state index in [0.717, 1.165) is 21.8 Å². The summed E-state index contributed by atoms with van der Waals surface area (Å²) in [6, 6.07) is 8.77. The van der Waals surface area contributed by atoms with Gasteiger partial charge in [0.1, 0.15) is 6.04 Å². The molecule has 0 aliphatic carbocycles. The van der Waals surface area contributed by atoms with Gasteiger partial charge in [-0.1, -0.05) is 37.6 Å². The van der Waals surface area contributed by atoms with Crippen molar-refractivity contribution >= 4 is 62.3 Å². The van der Waals surface area contributed by atoms with Crippen molar-refractivity contribution in [2.75, 3.05) is 30.7 Å². The number of nitrogens with zero attached hydrogens (tertiary/aromatic N) is 2. The largest absolute Gasteiger partial charge is 0.355 e. The highest BCUT2D eigenvalue weighted by Crippen LogP contribution is 2.23. The van der Waals surface area contributed by atoms with Gasteiger partial charge in [0, 0.05) is 54.1 Å². The maximum Gasteiger partial charge on any atom is 0.251 e. The van der Waals surface area contributed by atoms with Crippen molar-refractivity contribution in [1.29, 1.82) is 0 Å². The number of benzene rings is 2. The Bertz CT molecular complexity index is 1750.